The van der Waals surface area contributed by atoms with E-state index in [-0.39, 0.29) is 5.91 Å². The molecule has 1 amide bonds. The van der Waals surface area contributed by atoms with Gasteiger partial charge >= 0.3 is 0 Å². The lowest BCUT2D eigenvalue weighted by Gasteiger charge is -2.34. The first-order chi connectivity index (χ1) is 9.79. The Bertz CT molecular complexity index is 495. The fourth-order valence-electron chi connectivity index (χ4n) is 3.14. The minimum Gasteiger partial charge on any atom is -0.372 e. The van der Waals surface area contributed by atoms with Crippen LogP contribution in [0.1, 0.15) is 41.3 Å². The molecule has 1 unspecified atom stereocenters. The summed E-state index contributed by atoms with van der Waals surface area (Å²) in [5, 5.41) is 3.38. The number of amides is 1. The van der Waals surface area contributed by atoms with Crippen LogP contribution in [-0.2, 0) is 18.0 Å². The molecule has 0 aliphatic carbocycles. The molecule has 1 saturated heterocycles. The average molecular weight is 274 g/mol. The van der Waals surface area contributed by atoms with Crippen LogP contribution in [0.3, 0.4) is 0 Å². The molecule has 0 saturated carbocycles. The first-order valence-corrected chi connectivity index (χ1v) is 7.51. The maximum absolute atomic E-state index is 12.7. The van der Waals surface area contributed by atoms with E-state index in [9.17, 15) is 4.79 Å². The van der Waals surface area contributed by atoms with Crippen molar-refractivity contribution in [2.24, 2.45) is 0 Å². The summed E-state index contributed by atoms with van der Waals surface area (Å²) in [6.07, 6.45) is 2.24. The van der Waals surface area contributed by atoms with E-state index in [2.05, 4.69) is 12.2 Å². The highest BCUT2D eigenvalue weighted by atomic mass is 16.5. The highest BCUT2D eigenvalue weighted by Crippen LogP contribution is 2.22. The van der Waals surface area contributed by atoms with Crippen LogP contribution in [0, 0.1) is 0 Å². The molecule has 1 N–H and O–H groups in total. The molecule has 1 atom stereocenters. The normalized spacial score (nSPS) is 21.6. The lowest BCUT2D eigenvalue weighted by atomic mass is 10.0. The van der Waals surface area contributed by atoms with Crippen molar-refractivity contribution in [1.29, 1.82) is 0 Å². The zero-order valence-corrected chi connectivity index (χ0v) is 12.0. The van der Waals surface area contributed by atoms with E-state index < -0.39 is 0 Å². The molecule has 2 aliphatic rings. The number of likely N-dealkylation sites (N-methyl/N-ethyl adjacent to an activating group) is 1. The van der Waals surface area contributed by atoms with Crippen LogP contribution in [0.25, 0.3) is 0 Å². The summed E-state index contributed by atoms with van der Waals surface area (Å²) in [5.74, 6) is 0.149. The maximum Gasteiger partial charge on any atom is 0.254 e. The zero-order chi connectivity index (χ0) is 13.9. The van der Waals surface area contributed by atoms with Gasteiger partial charge < -0.3 is 15.0 Å². The fourth-order valence-corrected chi connectivity index (χ4v) is 3.14. The van der Waals surface area contributed by atoms with Gasteiger partial charge in [0.15, 0.2) is 0 Å². The number of fused-ring (bicyclic) bond motifs is 1. The largest absolute Gasteiger partial charge is 0.372 e. The third-order valence-electron chi connectivity index (χ3n) is 4.28. The van der Waals surface area contributed by atoms with Gasteiger partial charge in [-0.15, -0.1) is 0 Å². The predicted octanol–water partition coefficient (Wildman–Crippen LogP) is 1.93. The smallest absolute Gasteiger partial charge is 0.254 e. The number of ether oxygens (including phenoxy) is 1. The molecule has 108 valence electrons. The quantitative estimate of drug-likeness (QED) is 0.915. The van der Waals surface area contributed by atoms with Crippen LogP contribution < -0.4 is 5.32 Å². The van der Waals surface area contributed by atoms with Crippen LogP contribution in [-0.4, -0.2) is 36.5 Å². The summed E-state index contributed by atoms with van der Waals surface area (Å²) < 4.78 is 5.42. The molecule has 3 rings (SSSR count). The van der Waals surface area contributed by atoms with Crippen molar-refractivity contribution in [2.75, 3.05) is 19.6 Å². The van der Waals surface area contributed by atoms with E-state index in [1.54, 1.807) is 0 Å². The van der Waals surface area contributed by atoms with Gasteiger partial charge in [0.25, 0.3) is 5.91 Å². The molecular weight excluding hydrogens is 252 g/mol. The van der Waals surface area contributed by atoms with Crippen LogP contribution in [0.4, 0.5) is 0 Å². The number of hydrogen-bond donors (Lipinski definition) is 1. The van der Waals surface area contributed by atoms with Crippen molar-refractivity contribution in [1.82, 2.24) is 10.2 Å². The topological polar surface area (TPSA) is 41.6 Å². The summed E-state index contributed by atoms with van der Waals surface area (Å²) >= 11 is 0. The molecule has 0 aromatic heterocycles. The first kappa shape index (κ1) is 13.6. The number of benzene rings is 1. The molecule has 1 aromatic rings. The van der Waals surface area contributed by atoms with E-state index in [0.29, 0.717) is 19.3 Å². The second-order valence-corrected chi connectivity index (χ2v) is 5.57. The van der Waals surface area contributed by atoms with Gasteiger partial charge in [0, 0.05) is 24.7 Å². The van der Waals surface area contributed by atoms with Gasteiger partial charge in [-0.25, -0.2) is 0 Å². The standard InChI is InChI=1S/C16H22N2O2/c1-2-18(15-4-3-7-17-9-15)16(19)12-5-6-13-10-20-11-14(13)8-12/h5-6,8,15,17H,2-4,7,9-11H2,1H3. The molecule has 2 aliphatic heterocycles. The number of nitrogens with zero attached hydrogens (tertiary/aromatic N) is 1. The van der Waals surface area contributed by atoms with E-state index in [1.165, 1.54) is 5.56 Å². The fraction of sp³-hybridized carbons (Fsp3) is 0.562. The maximum atomic E-state index is 12.7. The number of nitrogens with one attached hydrogen (secondary N) is 1. The Balaban J connectivity index is 1.79. The lowest BCUT2D eigenvalue weighted by Crippen LogP contribution is -2.48. The number of rotatable bonds is 3. The highest BCUT2D eigenvalue weighted by molar-refractivity contribution is 5.94. The highest BCUT2D eigenvalue weighted by Gasteiger charge is 2.25. The van der Waals surface area contributed by atoms with Crippen molar-refractivity contribution in [3.05, 3.63) is 34.9 Å². The summed E-state index contributed by atoms with van der Waals surface area (Å²) in [4.78, 5) is 14.7. The van der Waals surface area contributed by atoms with Gasteiger partial charge in [0.1, 0.15) is 0 Å². The van der Waals surface area contributed by atoms with Crippen LogP contribution in [0.2, 0.25) is 0 Å². The summed E-state index contributed by atoms with van der Waals surface area (Å²) in [7, 11) is 0. The molecule has 4 nitrogen and oxygen atoms in total. The van der Waals surface area contributed by atoms with Gasteiger partial charge in [-0.2, -0.15) is 0 Å². The molecule has 20 heavy (non-hydrogen) atoms. The average Bonchev–Trinajstić information content (AvgIpc) is 2.96. The van der Waals surface area contributed by atoms with E-state index >= 15 is 0 Å². The monoisotopic (exact) mass is 274 g/mol. The molecule has 2 heterocycles. The SMILES string of the molecule is CCN(C(=O)c1ccc2c(c1)COC2)C1CCCNC1. The van der Waals surface area contributed by atoms with Crippen molar-refractivity contribution < 1.29 is 9.53 Å². The van der Waals surface area contributed by atoms with Crippen LogP contribution in [0.5, 0.6) is 0 Å². The minimum absolute atomic E-state index is 0.149. The van der Waals surface area contributed by atoms with Gasteiger partial charge in [-0.05, 0) is 49.6 Å². The van der Waals surface area contributed by atoms with Crippen LogP contribution in [0.15, 0.2) is 18.2 Å². The first-order valence-electron chi connectivity index (χ1n) is 7.51. The van der Waals surface area contributed by atoms with Crippen molar-refractivity contribution in [2.45, 2.75) is 39.0 Å². The number of hydrogen-bond acceptors (Lipinski definition) is 3. The summed E-state index contributed by atoms with van der Waals surface area (Å²) in [6, 6.07) is 6.30. The predicted molar refractivity (Wildman–Crippen MR) is 77.5 cm³/mol. The molecular formula is C16H22N2O2. The Labute approximate surface area is 120 Å². The molecule has 0 spiro atoms. The number of carbonyl (C=O) groups excluding carboxylic acids is 1. The second-order valence-electron chi connectivity index (χ2n) is 5.57. The van der Waals surface area contributed by atoms with Gasteiger partial charge in [-0.3, -0.25) is 4.79 Å². The summed E-state index contributed by atoms with van der Waals surface area (Å²) in [6.45, 7) is 6.11. The van der Waals surface area contributed by atoms with Crippen molar-refractivity contribution >= 4 is 5.91 Å². The van der Waals surface area contributed by atoms with E-state index in [1.807, 2.05) is 23.1 Å². The molecule has 0 radical (unpaired) electrons. The summed E-state index contributed by atoms with van der Waals surface area (Å²) in [5.41, 5.74) is 3.17. The molecule has 1 aromatic carbocycles. The Kier molecular flexibility index (Phi) is 4.03. The Morgan fingerprint density at radius 1 is 1.40 bits per heavy atom. The van der Waals surface area contributed by atoms with Gasteiger partial charge in [-0.1, -0.05) is 6.07 Å². The second kappa shape index (κ2) is 5.94. The van der Waals surface area contributed by atoms with Gasteiger partial charge in [0.2, 0.25) is 0 Å². The Hall–Kier alpha value is -1.39. The van der Waals surface area contributed by atoms with E-state index in [0.717, 1.165) is 43.6 Å². The Morgan fingerprint density at radius 2 is 2.25 bits per heavy atom. The number of carbonyl (C=O) groups is 1. The lowest BCUT2D eigenvalue weighted by molar-refractivity contribution is 0.0662. The van der Waals surface area contributed by atoms with Crippen molar-refractivity contribution in [3.8, 4) is 0 Å². The third kappa shape index (κ3) is 2.58. The Morgan fingerprint density at radius 3 is 3.00 bits per heavy atom. The van der Waals surface area contributed by atoms with Crippen molar-refractivity contribution in [3.63, 3.8) is 0 Å². The van der Waals surface area contributed by atoms with Crippen LogP contribution >= 0.6 is 0 Å². The number of piperidine rings is 1. The minimum atomic E-state index is 0.149. The van der Waals surface area contributed by atoms with Gasteiger partial charge in [0.05, 0.1) is 13.2 Å². The third-order valence-corrected chi connectivity index (χ3v) is 4.28. The zero-order valence-electron chi connectivity index (χ0n) is 12.0. The molecule has 4 heteroatoms. The molecule has 0 bridgehead atoms. The molecule has 1 fully saturated rings. The van der Waals surface area contributed by atoms with E-state index in [4.69, 9.17) is 4.74 Å².